The Balaban J connectivity index is 1.87. The van der Waals surface area contributed by atoms with Crippen LogP contribution in [0.4, 0.5) is 0 Å². The van der Waals surface area contributed by atoms with Crippen molar-refractivity contribution >= 4 is 17.6 Å². The molecule has 122 valence electrons. The zero-order valence-electron chi connectivity index (χ0n) is 13.1. The van der Waals surface area contributed by atoms with Crippen molar-refractivity contribution in [2.75, 3.05) is 0 Å². The van der Waals surface area contributed by atoms with Crippen molar-refractivity contribution in [1.82, 2.24) is 10.3 Å². The molecule has 0 bridgehead atoms. The fourth-order valence-electron chi connectivity index (χ4n) is 3.55. The number of amides is 2. The van der Waals surface area contributed by atoms with E-state index in [2.05, 4.69) is 10.3 Å². The molecular formula is C17H21N3O3. The Labute approximate surface area is 134 Å². The van der Waals surface area contributed by atoms with Crippen LogP contribution in [0.2, 0.25) is 0 Å². The lowest BCUT2D eigenvalue weighted by molar-refractivity contribution is -0.122. The second-order valence-corrected chi connectivity index (χ2v) is 6.29. The second kappa shape index (κ2) is 6.02. The number of aromatic amines is 1. The monoisotopic (exact) mass is 315 g/mol. The number of nitrogens with one attached hydrogen (secondary N) is 2. The highest BCUT2D eigenvalue weighted by Gasteiger charge is 2.32. The Morgan fingerprint density at radius 3 is 2.74 bits per heavy atom. The number of hydrogen-bond donors (Lipinski definition) is 3. The zero-order valence-corrected chi connectivity index (χ0v) is 13.1. The molecule has 0 radical (unpaired) electrons. The van der Waals surface area contributed by atoms with E-state index >= 15 is 0 Å². The maximum Gasteiger partial charge on any atom is 0.254 e. The molecule has 0 saturated heterocycles. The van der Waals surface area contributed by atoms with Gasteiger partial charge in [-0.05, 0) is 32.6 Å². The first-order valence-electron chi connectivity index (χ1n) is 7.99. The van der Waals surface area contributed by atoms with Gasteiger partial charge < -0.3 is 16.0 Å². The van der Waals surface area contributed by atoms with Crippen molar-refractivity contribution in [3.8, 4) is 0 Å². The fraction of sp³-hybridized carbons (Fsp3) is 0.471. The van der Waals surface area contributed by atoms with Crippen LogP contribution < -0.4 is 11.1 Å². The van der Waals surface area contributed by atoms with Crippen LogP contribution in [0.5, 0.6) is 0 Å². The van der Waals surface area contributed by atoms with Gasteiger partial charge in [-0.3, -0.25) is 14.4 Å². The summed E-state index contributed by atoms with van der Waals surface area (Å²) in [5.74, 6) is -1.11. The minimum Gasteiger partial charge on any atom is -0.369 e. The van der Waals surface area contributed by atoms with Crippen LogP contribution in [0.25, 0.3) is 0 Å². The highest BCUT2D eigenvalue weighted by molar-refractivity contribution is 6.10. The van der Waals surface area contributed by atoms with Crippen LogP contribution in [-0.4, -0.2) is 28.6 Å². The minimum absolute atomic E-state index is 0.00995. The summed E-state index contributed by atoms with van der Waals surface area (Å²) in [6, 6.07) is -0.325. The molecule has 6 heteroatoms. The lowest BCUT2D eigenvalue weighted by Gasteiger charge is -2.27. The molecule has 1 aromatic rings. The maximum atomic E-state index is 12.7. The van der Waals surface area contributed by atoms with Gasteiger partial charge in [-0.2, -0.15) is 0 Å². The molecule has 2 atom stereocenters. The number of carbonyl (C=O) groups excluding carboxylic acids is 3. The summed E-state index contributed by atoms with van der Waals surface area (Å²) < 4.78 is 0. The SMILES string of the molecule is Cc1[nH]c2c(c1C(=O)N[C@@H]1CC=CC[C@H]1C(N)=O)C(=O)CCC2. The van der Waals surface area contributed by atoms with Crippen molar-refractivity contribution in [1.29, 1.82) is 0 Å². The summed E-state index contributed by atoms with van der Waals surface area (Å²) in [6.45, 7) is 1.80. The molecule has 0 unspecified atom stereocenters. The normalized spacial score (nSPS) is 23.4. The Kier molecular flexibility index (Phi) is 4.07. The molecule has 2 aliphatic rings. The number of H-pyrrole nitrogens is 1. The molecule has 2 aliphatic carbocycles. The number of allylic oxidation sites excluding steroid dienone is 1. The molecule has 6 nitrogen and oxygen atoms in total. The van der Waals surface area contributed by atoms with Crippen LogP contribution >= 0.6 is 0 Å². The Bertz CT molecular complexity index is 702. The first-order valence-corrected chi connectivity index (χ1v) is 7.99. The number of rotatable bonds is 3. The molecule has 0 fully saturated rings. The van der Waals surface area contributed by atoms with E-state index in [4.69, 9.17) is 5.73 Å². The predicted molar refractivity (Wildman–Crippen MR) is 85.1 cm³/mol. The quantitative estimate of drug-likeness (QED) is 0.734. The van der Waals surface area contributed by atoms with Gasteiger partial charge in [0.2, 0.25) is 5.91 Å². The Hall–Kier alpha value is -2.37. The van der Waals surface area contributed by atoms with E-state index in [0.29, 0.717) is 36.1 Å². The average Bonchev–Trinajstić information content (AvgIpc) is 2.85. The summed E-state index contributed by atoms with van der Waals surface area (Å²) in [7, 11) is 0. The van der Waals surface area contributed by atoms with Gasteiger partial charge in [0.1, 0.15) is 0 Å². The molecule has 0 aromatic carbocycles. The fourth-order valence-corrected chi connectivity index (χ4v) is 3.55. The van der Waals surface area contributed by atoms with Gasteiger partial charge in [-0.15, -0.1) is 0 Å². The number of hydrogen-bond acceptors (Lipinski definition) is 3. The van der Waals surface area contributed by atoms with E-state index in [0.717, 1.165) is 18.5 Å². The van der Waals surface area contributed by atoms with Crippen molar-refractivity contribution in [3.63, 3.8) is 0 Å². The van der Waals surface area contributed by atoms with Gasteiger partial charge in [0, 0.05) is 23.9 Å². The van der Waals surface area contributed by atoms with Gasteiger partial charge in [-0.25, -0.2) is 0 Å². The number of nitrogens with two attached hydrogens (primary N) is 1. The molecule has 1 aromatic heterocycles. The summed E-state index contributed by atoms with van der Waals surface area (Å²) in [5, 5.41) is 2.90. The second-order valence-electron chi connectivity index (χ2n) is 6.29. The Morgan fingerprint density at radius 2 is 2.00 bits per heavy atom. The average molecular weight is 315 g/mol. The maximum absolute atomic E-state index is 12.7. The third-order valence-electron chi connectivity index (χ3n) is 4.72. The van der Waals surface area contributed by atoms with Crippen molar-refractivity contribution in [2.45, 2.75) is 45.1 Å². The summed E-state index contributed by atoms with van der Waals surface area (Å²) in [4.78, 5) is 39.6. The number of fused-ring (bicyclic) bond motifs is 1. The number of Topliss-reactive ketones (excluding diaryl/α,β-unsaturated/α-hetero) is 1. The predicted octanol–water partition coefficient (Wildman–Crippen LogP) is 1.39. The largest absolute Gasteiger partial charge is 0.369 e. The summed E-state index contributed by atoms with van der Waals surface area (Å²) in [5.41, 5.74) is 7.92. The third kappa shape index (κ3) is 2.81. The van der Waals surface area contributed by atoms with Crippen molar-refractivity contribution in [2.24, 2.45) is 11.7 Å². The van der Waals surface area contributed by atoms with Crippen LogP contribution in [0, 0.1) is 12.8 Å². The zero-order chi connectivity index (χ0) is 16.6. The van der Waals surface area contributed by atoms with Crippen molar-refractivity contribution < 1.29 is 14.4 Å². The highest BCUT2D eigenvalue weighted by atomic mass is 16.2. The van der Waals surface area contributed by atoms with E-state index in [9.17, 15) is 14.4 Å². The molecule has 3 rings (SSSR count). The van der Waals surface area contributed by atoms with E-state index in [-0.39, 0.29) is 17.7 Å². The smallest absolute Gasteiger partial charge is 0.254 e. The topological polar surface area (TPSA) is 105 Å². The minimum atomic E-state index is -0.413. The van der Waals surface area contributed by atoms with Crippen LogP contribution in [0.15, 0.2) is 12.2 Å². The number of ketones is 1. The van der Waals surface area contributed by atoms with Crippen molar-refractivity contribution in [3.05, 3.63) is 34.7 Å². The molecule has 0 saturated carbocycles. The van der Waals surface area contributed by atoms with E-state index in [1.165, 1.54) is 0 Å². The number of carbonyl (C=O) groups is 3. The molecule has 0 spiro atoms. The van der Waals surface area contributed by atoms with E-state index < -0.39 is 11.8 Å². The third-order valence-corrected chi connectivity index (χ3v) is 4.72. The van der Waals surface area contributed by atoms with Crippen LogP contribution in [0.1, 0.15) is 57.8 Å². The molecular weight excluding hydrogens is 294 g/mol. The van der Waals surface area contributed by atoms with Crippen LogP contribution in [-0.2, 0) is 11.2 Å². The van der Waals surface area contributed by atoms with Gasteiger partial charge in [0.15, 0.2) is 5.78 Å². The Morgan fingerprint density at radius 1 is 1.26 bits per heavy atom. The molecule has 1 heterocycles. The first kappa shape index (κ1) is 15.5. The van der Waals surface area contributed by atoms with Gasteiger partial charge in [-0.1, -0.05) is 12.2 Å². The lowest BCUT2D eigenvalue weighted by Crippen LogP contribution is -2.46. The molecule has 23 heavy (non-hydrogen) atoms. The standard InChI is InChI=1S/C17H21N3O3/c1-9-14(15-12(19-9)7-4-8-13(15)21)17(23)20-11-6-3-2-5-10(11)16(18)22/h2-3,10-11,19H,4-8H2,1H3,(H2,18,22)(H,20,23)/t10-,11-/m1/s1. The molecule has 0 aliphatic heterocycles. The summed E-state index contributed by atoms with van der Waals surface area (Å²) in [6.07, 6.45) is 7.01. The number of aryl methyl sites for hydroxylation is 2. The van der Waals surface area contributed by atoms with E-state index in [1.807, 2.05) is 12.2 Å². The number of primary amides is 1. The molecule has 2 amide bonds. The van der Waals surface area contributed by atoms with Gasteiger partial charge in [0.25, 0.3) is 5.91 Å². The summed E-state index contributed by atoms with van der Waals surface area (Å²) >= 11 is 0. The van der Waals surface area contributed by atoms with Crippen LogP contribution in [0.3, 0.4) is 0 Å². The van der Waals surface area contributed by atoms with Gasteiger partial charge >= 0.3 is 0 Å². The molecule has 4 N–H and O–H groups in total. The first-order chi connectivity index (χ1) is 11.0. The number of aromatic nitrogens is 1. The van der Waals surface area contributed by atoms with E-state index in [1.54, 1.807) is 6.92 Å². The van der Waals surface area contributed by atoms with Gasteiger partial charge in [0.05, 0.1) is 17.0 Å². The lowest BCUT2D eigenvalue weighted by atomic mass is 9.87. The highest BCUT2D eigenvalue weighted by Crippen LogP contribution is 2.27.